The Morgan fingerprint density at radius 3 is 2.53 bits per heavy atom. The molecule has 2 heterocycles. The van der Waals surface area contributed by atoms with E-state index in [2.05, 4.69) is 58.2 Å². The summed E-state index contributed by atoms with van der Waals surface area (Å²) in [5.74, 6) is 0. The van der Waals surface area contributed by atoms with Crippen LogP contribution in [0.25, 0.3) is 27.5 Å². The smallest absolute Gasteiger partial charge is 0.0703 e. The second-order valence-corrected chi connectivity index (χ2v) is 4.63. The van der Waals surface area contributed by atoms with Gasteiger partial charge in [-0.15, -0.1) is 0 Å². The van der Waals surface area contributed by atoms with Gasteiger partial charge in [0.2, 0.25) is 0 Å². The molecule has 0 aliphatic heterocycles. The van der Waals surface area contributed by atoms with Gasteiger partial charge in [-0.05, 0) is 29.7 Å². The maximum absolute atomic E-state index is 4.52. The Hall–Kier alpha value is -2.61. The Labute approximate surface area is 110 Å². The lowest BCUT2D eigenvalue weighted by atomic mass is 10.2. The number of fused-ring (bicyclic) bond motifs is 2. The molecule has 4 aromatic rings. The van der Waals surface area contributed by atoms with Crippen LogP contribution < -0.4 is 0 Å². The summed E-state index contributed by atoms with van der Waals surface area (Å²) in [5, 5.41) is 2.41. The van der Waals surface area contributed by atoms with Gasteiger partial charge < -0.3 is 4.57 Å². The lowest BCUT2D eigenvalue weighted by molar-refractivity contribution is 1.11. The summed E-state index contributed by atoms with van der Waals surface area (Å²) in [6, 6.07) is 20.9. The molecule has 0 radical (unpaired) electrons. The second kappa shape index (κ2) is 3.95. The van der Waals surface area contributed by atoms with E-state index in [0.29, 0.717) is 0 Å². The highest BCUT2D eigenvalue weighted by molar-refractivity contribution is 5.84. The van der Waals surface area contributed by atoms with Crippen molar-refractivity contribution < 1.29 is 0 Å². The zero-order valence-corrected chi connectivity index (χ0v) is 10.3. The van der Waals surface area contributed by atoms with E-state index in [9.17, 15) is 0 Å². The third-order valence-corrected chi connectivity index (χ3v) is 3.45. The minimum atomic E-state index is 1.03. The predicted octanol–water partition coefficient (Wildman–Crippen LogP) is 4.18. The fraction of sp³-hybridized carbons (Fsp3) is 0. The molecule has 0 N–H and O–H groups in total. The number of hydrogen-bond donors (Lipinski definition) is 0. The highest BCUT2D eigenvalue weighted by atomic mass is 15.0. The summed E-state index contributed by atoms with van der Waals surface area (Å²) in [6.07, 6.45) is 4.02. The van der Waals surface area contributed by atoms with Gasteiger partial charge in [-0.3, -0.25) is 4.98 Å². The van der Waals surface area contributed by atoms with Gasteiger partial charge in [0.15, 0.2) is 0 Å². The van der Waals surface area contributed by atoms with Crippen LogP contribution in [-0.2, 0) is 0 Å². The number of benzene rings is 2. The fourth-order valence-electron chi connectivity index (χ4n) is 2.50. The quantitative estimate of drug-likeness (QED) is 0.491. The Morgan fingerprint density at radius 2 is 1.58 bits per heavy atom. The summed E-state index contributed by atoms with van der Waals surface area (Å²) in [4.78, 5) is 4.52. The van der Waals surface area contributed by atoms with Crippen LogP contribution in [0.3, 0.4) is 0 Å². The average Bonchev–Trinajstić information content (AvgIpc) is 2.91. The minimum Gasteiger partial charge on any atom is -0.315 e. The van der Waals surface area contributed by atoms with Crippen molar-refractivity contribution in [3.05, 3.63) is 73.1 Å². The number of para-hydroxylation sites is 2. The summed E-state index contributed by atoms with van der Waals surface area (Å²) in [6.45, 7) is 0. The predicted molar refractivity (Wildman–Crippen MR) is 78.6 cm³/mol. The molecule has 0 saturated heterocycles. The summed E-state index contributed by atoms with van der Waals surface area (Å²) < 4.78 is 2.18. The van der Waals surface area contributed by atoms with E-state index in [1.54, 1.807) is 0 Å². The normalized spacial score (nSPS) is 11.2. The zero-order valence-electron chi connectivity index (χ0n) is 10.3. The molecule has 0 saturated carbocycles. The van der Waals surface area contributed by atoms with Crippen LogP contribution in [0, 0.1) is 0 Å². The van der Waals surface area contributed by atoms with Crippen LogP contribution in [0.1, 0.15) is 0 Å². The van der Waals surface area contributed by atoms with Crippen LogP contribution in [0.4, 0.5) is 0 Å². The van der Waals surface area contributed by atoms with Gasteiger partial charge in [-0.1, -0.05) is 36.4 Å². The SMILES string of the molecule is c1ccc2ncc(-n3ccc4ccccc43)cc2c1. The van der Waals surface area contributed by atoms with Crippen molar-refractivity contribution in [1.82, 2.24) is 9.55 Å². The summed E-state index contributed by atoms with van der Waals surface area (Å²) in [7, 11) is 0. The molecule has 90 valence electrons. The van der Waals surface area contributed by atoms with Crippen LogP contribution >= 0.6 is 0 Å². The van der Waals surface area contributed by atoms with Crippen molar-refractivity contribution in [1.29, 1.82) is 0 Å². The molecule has 2 aromatic carbocycles. The summed E-state index contributed by atoms with van der Waals surface area (Å²) in [5.41, 5.74) is 3.34. The van der Waals surface area contributed by atoms with E-state index < -0.39 is 0 Å². The topological polar surface area (TPSA) is 17.8 Å². The maximum atomic E-state index is 4.52. The molecule has 0 unspecified atom stereocenters. The van der Waals surface area contributed by atoms with Crippen molar-refractivity contribution in [3.63, 3.8) is 0 Å². The van der Waals surface area contributed by atoms with E-state index in [1.165, 1.54) is 10.9 Å². The van der Waals surface area contributed by atoms with E-state index in [-0.39, 0.29) is 0 Å². The van der Waals surface area contributed by atoms with Crippen LogP contribution in [0.15, 0.2) is 73.1 Å². The molecule has 2 heteroatoms. The first-order valence-electron chi connectivity index (χ1n) is 6.33. The van der Waals surface area contributed by atoms with Crippen molar-refractivity contribution in [2.24, 2.45) is 0 Å². The molecule has 4 rings (SSSR count). The van der Waals surface area contributed by atoms with Gasteiger partial charge in [-0.25, -0.2) is 0 Å². The Balaban J connectivity index is 1.99. The molecule has 0 spiro atoms. The van der Waals surface area contributed by atoms with Crippen LogP contribution in [0.5, 0.6) is 0 Å². The fourth-order valence-corrected chi connectivity index (χ4v) is 2.50. The molecule has 2 aromatic heterocycles. The molecular weight excluding hydrogens is 232 g/mol. The monoisotopic (exact) mass is 244 g/mol. The van der Waals surface area contributed by atoms with Gasteiger partial charge in [0.05, 0.1) is 22.9 Å². The van der Waals surface area contributed by atoms with Crippen molar-refractivity contribution >= 4 is 21.8 Å². The van der Waals surface area contributed by atoms with Crippen LogP contribution in [-0.4, -0.2) is 9.55 Å². The number of aromatic nitrogens is 2. The number of nitrogens with zero attached hydrogens (tertiary/aromatic N) is 2. The molecule has 0 aliphatic carbocycles. The lowest BCUT2D eigenvalue weighted by Crippen LogP contribution is -1.93. The first-order valence-corrected chi connectivity index (χ1v) is 6.33. The third kappa shape index (κ3) is 1.61. The third-order valence-electron chi connectivity index (χ3n) is 3.45. The van der Waals surface area contributed by atoms with E-state index in [4.69, 9.17) is 0 Å². The standard InChI is InChI=1S/C17H12N2/c1-3-7-16-14(6-1)11-15(12-18-16)19-10-9-13-5-2-4-8-17(13)19/h1-12H. The first-order chi connectivity index (χ1) is 9.42. The van der Waals surface area contributed by atoms with E-state index >= 15 is 0 Å². The largest absolute Gasteiger partial charge is 0.315 e. The van der Waals surface area contributed by atoms with Crippen molar-refractivity contribution in [2.75, 3.05) is 0 Å². The second-order valence-electron chi connectivity index (χ2n) is 4.63. The summed E-state index contributed by atoms with van der Waals surface area (Å²) >= 11 is 0. The average molecular weight is 244 g/mol. The first kappa shape index (κ1) is 10.3. The van der Waals surface area contributed by atoms with Gasteiger partial charge >= 0.3 is 0 Å². The minimum absolute atomic E-state index is 1.03. The molecule has 0 aliphatic rings. The van der Waals surface area contributed by atoms with Gasteiger partial charge in [0.1, 0.15) is 0 Å². The molecule has 19 heavy (non-hydrogen) atoms. The highest BCUT2D eigenvalue weighted by Crippen LogP contribution is 2.22. The van der Waals surface area contributed by atoms with E-state index in [0.717, 1.165) is 16.6 Å². The molecule has 0 atom stereocenters. The maximum Gasteiger partial charge on any atom is 0.0703 e. The van der Waals surface area contributed by atoms with Crippen LogP contribution in [0.2, 0.25) is 0 Å². The van der Waals surface area contributed by atoms with Crippen molar-refractivity contribution in [3.8, 4) is 5.69 Å². The molecule has 0 fully saturated rings. The highest BCUT2D eigenvalue weighted by Gasteiger charge is 2.03. The molecular formula is C17H12N2. The van der Waals surface area contributed by atoms with Gasteiger partial charge in [-0.2, -0.15) is 0 Å². The zero-order chi connectivity index (χ0) is 12.7. The Bertz CT molecular complexity index is 874. The Kier molecular flexibility index (Phi) is 2.15. The number of rotatable bonds is 1. The van der Waals surface area contributed by atoms with Gasteiger partial charge in [0, 0.05) is 11.6 Å². The number of pyridine rings is 1. The lowest BCUT2D eigenvalue weighted by Gasteiger charge is -2.06. The number of hydrogen-bond acceptors (Lipinski definition) is 1. The Morgan fingerprint density at radius 1 is 0.789 bits per heavy atom. The molecule has 0 bridgehead atoms. The van der Waals surface area contributed by atoms with Crippen molar-refractivity contribution in [2.45, 2.75) is 0 Å². The molecule has 0 amide bonds. The molecule has 2 nitrogen and oxygen atoms in total. The van der Waals surface area contributed by atoms with Gasteiger partial charge in [0.25, 0.3) is 0 Å². The van der Waals surface area contributed by atoms with E-state index in [1.807, 2.05) is 24.4 Å².